The average molecular weight is 288 g/mol. The zero-order valence-corrected chi connectivity index (χ0v) is 13.2. The summed E-state index contributed by atoms with van der Waals surface area (Å²) in [6.07, 6.45) is 4.53. The Bertz CT molecular complexity index is 512. The number of nitrogens with one attached hydrogen (secondary N) is 2. The quantitative estimate of drug-likeness (QED) is 0.788. The van der Waals surface area contributed by atoms with Crippen LogP contribution >= 0.6 is 0 Å². The van der Waals surface area contributed by atoms with E-state index in [-0.39, 0.29) is 18.0 Å². The van der Waals surface area contributed by atoms with E-state index >= 15 is 0 Å². The van der Waals surface area contributed by atoms with Gasteiger partial charge >= 0.3 is 0 Å². The summed E-state index contributed by atoms with van der Waals surface area (Å²) in [7, 11) is 0. The Hall–Kier alpha value is -1.99. The Morgan fingerprint density at radius 1 is 1.38 bits per heavy atom. The van der Waals surface area contributed by atoms with Gasteiger partial charge in [0.25, 0.3) is 5.91 Å². The molecule has 0 heterocycles. The molecule has 1 unspecified atom stereocenters. The molecule has 0 aromatic heterocycles. The first-order chi connectivity index (χ1) is 9.83. The van der Waals surface area contributed by atoms with E-state index in [1.807, 2.05) is 24.3 Å². The fourth-order valence-corrected chi connectivity index (χ4v) is 1.65. The molecule has 0 bridgehead atoms. The second kappa shape index (κ2) is 7.70. The standard InChI is InChI=1S/C17H24N2O2/c1-6-11-18-16(20)13(2)21-15-10-8-7-9-14(15)12-19-17(3,4)5/h1,7-10,13,19H,11-12H2,2-5H3,(H,18,20). The molecule has 0 aliphatic heterocycles. The Balaban J connectivity index is 2.70. The maximum atomic E-state index is 11.8. The minimum atomic E-state index is -0.589. The minimum absolute atomic E-state index is 0.0168. The highest BCUT2D eigenvalue weighted by Gasteiger charge is 2.16. The van der Waals surface area contributed by atoms with Gasteiger partial charge in [-0.3, -0.25) is 4.79 Å². The molecule has 0 radical (unpaired) electrons. The van der Waals surface area contributed by atoms with Gasteiger partial charge < -0.3 is 15.4 Å². The predicted molar refractivity (Wildman–Crippen MR) is 85.0 cm³/mol. The molecule has 0 fully saturated rings. The summed E-state index contributed by atoms with van der Waals surface area (Å²) in [4.78, 5) is 11.8. The third-order valence-corrected chi connectivity index (χ3v) is 2.82. The summed E-state index contributed by atoms with van der Waals surface area (Å²) < 4.78 is 5.75. The molecule has 114 valence electrons. The highest BCUT2D eigenvalue weighted by atomic mass is 16.5. The first-order valence-corrected chi connectivity index (χ1v) is 7.04. The van der Waals surface area contributed by atoms with Crippen molar-refractivity contribution in [2.75, 3.05) is 6.54 Å². The number of hydrogen-bond donors (Lipinski definition) is 2. The molecule has 0 aliphatic rings. The van der Waals surface area contributed by atoms with Crippen LogP contribution in [0.25, 0.3) is 0 Å². The number of carbonyl (C=O) groups is 1. The minimum Gasteiger partial charge on any atom is -0.481 e. The van der Waals surface area contributed by atoms with Crippen LogP contribution in [0.4, 0.5) is 0 Å². The van der Waals surface area contributed by atoms with Crippen molar-refractivity contribution < 1.29 is 9.53 Å². The lowest BCUT2D eigenvalue weighted by atomic mass is 10.1. The van der Waals surface area contributed by atoms with Crippen LogP contribution in [-0.4, -0.2) is 24.1 Å². The summed E-state index contributed by atoms with van der Waals surface area (Å²) in [5.41, 5.74) is 1.03. The Labute approximate surface area is 127 Å². The Kier molecular flexibility index (Phi) is 6.26. The van der Waals surface area contributed by atoms with Crippen molar-refractivity contribution in [3.8, 4) is 18.1 Å². The van der Waals surface area contributed by atoms with Crippen LogP contribution in [0, 0.1) is 12.3 Å². The van der Waals surface area contributed by atoms with E-state index in [0.29, 0.717) is 12.3 Å². The number of benzene rings is 1. The Morgan fingerprint density at radius 2 is 2.05 bits per heavy atom. The number of rotatable bonds is 6. The summed E-state index contributed by atoms with van der Waals surface area (Å²) in [5.74, 6) is 2.86. The highest BCUT2D eigenvalue weighted by Crippen LogP contribution is 2.20. The van der Waals surface area contributed by atoms with Crippen molar-refractivity contribution in [3.05, 3.63) is 29.8 Å². The average Bonchev–Trinajstić information content (AvgIpc) is 2.42. The number of para-hydroxylation sites is 1. The van der Waals surface area contributed by atoms with Gasteiger partial charge in [-0.1, -0.05) is 24.1 Å². The fourth-order valence-electron chi connectivity index (χ4n) is 1.65. The number of amides is 1. The molecule has 1 amide bonds. The van der Waals surface area contributed by atoms with Gasteiger partial charge in [0.1, 0.15) is 5.75 Å². The van der Waals surface area contributed by atoms with Crippen LogP contribution in [0.1, 0.15) is 33.3 Å². The zero-order valence-electron chi connectivity index (χ0n) is 13.2. The highest BCUT2D eigenvalue weighted by molar-refractivity contribution is 5.80. The molecular weight excluding hydrogens is 264 g/mol. The topological polar surface area (TPSA) is 50.4 Å². The van der Waals surface area contributed by atoms with Gasteiger partial charge in [0.05, 0.1) is 6.54 Å². The van der Waals surface area contributed by atoms with Gasteiger partial charge in [-0.05, 0) is 33.8 Å². The largest absolute Gasteiger partial charge is 0.481 e. The lowest BCUT2D eigenvalue weighted by Crippen LogP contribution is -2.37. The number of carbonyl (C=O) groups excluding carboxylic acids is 1. The van der Waals surface area contributed by atoms with E-state index in [2.05, 4.69) is 37.3 Å². The smallest absolute Gasteiger partial charge is 0.261 e. The molecule has 0 spiro atoms. The lowest BCUT2D eigenvalue weighted by molar-refractivity contribution is -0.127. The summed E-state index contributed by atoms with van der Waals surface area (Å²) in [5, 5.41) is 6.02. The molecule has 0 saturated heterocycles. The summed E-state index contributed by atoms with van der Waals surface area (Å²) in [6, 6.07) is 7.70. The van der Waals surface area contributed by atoms with E-state index in [4.69, 9.17) is 11.2 Å². The fraction of sp³-hybridized carbons (Fsp3) is 0.471. The first kappa shape index (κ1) is 17.1. The Morgan fingerprint density at radius 3 is 2.67 bits per heavy atom. The molecule has 4 nitrogen and oxygen atoms in total. The van der Waals surface area contributed by atoms with Crippen LogP contribution in [0.15, 0.2) is 24.3 Å². The van der Waals surface area contributed by atoms with E-state index in [0.717, 1.165) is 5.56 Å². The van der Waals surface area contributed by atoms with Crippen molar-refractivity contribution in [1.29, 1.82) is 0 Å². The second-order valence-electron chi connectivity index (χ2n) is 5.89. The van der Waals surface area contributed by atoms with Crippen LogP contribution in [-0.2, 0) is 11.3 Å². The molecular formula is C17H24N2O2. The van der Waals surface area contributed by atoms with Gasteiger partial charge in [0, 0.05) is 17.6 Å². The molecule has 1 aromatic rings. The van der Waals surface area contributed by atoms with E-state index < -0.39 is 6.10 Å². The number of terminal acetylenes is 1. The molecule has 0 saturated carbocycles. The van der Waals surface area contributed by atoms with E-state index in [9.17, 15) is 4.79 Å². The maximum Gasteiger partial charge on any atom is 0.261 e. The summed E-state index contributed by atoms with van der Waals surface area (Å²) >= 11 is 0. The number of hydrogen-bond acceptors (Lipinski definition) is 3. The van der Waals surface area contributed by atoms with Crippen LogP contribution in [0.2, 0.25) is 0 Å². The van der Waals surface area contributed by atoms with E-state index in [1.54, 1.807) is 6.92 Å². The molecule has 21 heavy (non-hydrogen) atoms. The molecule has 1 atom stereocenters. The van der Waals surface area contributed by atoms with Gasteiger partial charge in [-0.25, -0.2) is 0 Å². The third kappa shape index (κ3) is 6.33. The third-order valence-electron chi connectivity index (χ3n) is 2.82. The lowest BCUT2D eigenvalue weighted by Gasteiger charge is -2.22. The van der Waals surface area contributed by atoms with Crippen molar-refractivity contribution in [2.45, 2.75) is 45.9 Å². The van der Waals surface area contributed by atoms with Gasteiger partial charge in [0.15, 0.2) is 6.10 Å². The predicted octanol–water partition coefficient (Wildman–Crippen LogP) is 2.09. The normalized spacial score (nSPS) is 12.3. The molecule has 0 aliphatic carbocycles. The van der Waals surface area contributed by atoms with Gasteiger partial charge in [-0.15, -0.1) is 6.42 Å². The molecule has 4 heteroatoms. The number of ether oxygens (including phenoxy) is 1. The molecule has 2 N–H and O–H groups in total. The second-order valence-corrected chi connectivity index (χ2v) is 5.89. The van der Waals surface area contributed by atoms with Crippen LogP contribution in [0.3, 0.4) is 0 Å². The monoisotopic (exact) mass is 288 g/mol. The van der Waals surface area contributed by atoms with Gasteiger partial charge in [0.2, 0.25) is 0 Å². The summed E-state index contributed by atoms with van der Waals surface area (Å²) in [6.45, 7) is 8.91. The molecule has 1 rings (SSSR count). The maximum absolute atomic E-state index is 11.8. The zero-order chi connectivity index (χ0) is 15.9. The SMILES string of the molecule is C#CCNC(=O)C(C)Oc1ccccc1CNC(C)(C)C. The molecule has 1 aromatic carbocycles. The van der Waals surface area contributed by atoms with Gasteiger partial charge in [-0.2, -0.15) is 0 Å². The van der Waals surface area contributed by atoms with Crippen LogP contribution in [0.5, 0.6) is 5.75 Å². The first-order valence-electron chi connectivity index (χ1n) is 7.04. The van der Waals surface area contributed by atoms with Crippen molar-refractivity contribution >= 4 is 5.91 Å². The van der Waals surface area contributed by atoms with Crippen molar-refractivity contribution in [1.82, 2.24) is 10.6 Å². The van der Waals surface area contributed by atoms with E-state index in [1.165, 1.54) is 0 Å². The van der Waals surface area contributed by atoms with Crippen molar-refractivity contribution in [2.24, 2.45) is 0 Å². The van der Waals surface area contributed by atoms with Crippen molar-refractivity contribution in [3.63, 3.8) is 0 Å². The van der Waals surface area contributed by atoms with Crippen LogP contribution < -0.4 is 15.4 Å².